The number of amides is 2. The Labute approximate surface area is 280 Å². The second-order valence-electron chi connectivity index (χ2n) is 10.8. The quantitative estimate of drug-likeness (QED) is 0.159. The Morgan fingerprint density at radius 1 is 0.870 bits per heavy atom. The van der Waals surface area contributed by atoms with Crippen molar-refractivity contribution in [2.45, 2.75) is 50.2 Å². The molecule has 1 N–H and O–H groups in total. The summed E-state index contributed by atoms with van der Waals surface area (Å²) in [6, 6.07) is 27.6. The maximum absolute atomic E-state index is 14.6. The number of hydrogen-bond donors (Lipinski definition) is 1. The van der Waals surface area contributed by atoms with Gasteiger partial charge in [-0.1, -0.05) is 90.8 Å². The first-order valence-electron chi connectivity index (χ1n) is 14.8. The van der Waals surface area contributed by atoms with Crippen LogP contribution in [0, 0.1) is 0 Å². The molecule has 11 heteroatoms. The summed E-state index contributed by atoms with van der Waals surface area (Å²) in [7, 11) is -2.77. The van der Waals surface area contributed by atoms with Gasteiger partial charge in [-0.3, -0.25) is 13.9 Å². The van der Waals surface area contributed by atoms with Crippen molar-refractivity contribution in [1.82, 2.24) is 10.2 Å². The molecule has 2 unspecified atom stereocenters. The summed E-state index contributed by atoms with van der Waals surface area (Å²) in [6.07, 6.45) is 0.881. The van der Waals surface area contributed by atoms with Crippen LogP contribution in [0.5, 0.6) is 5.75 Å². The molecule has 0 bridgehead atoms. The van der Waals surface area contributed by atoms with E-state index in [-0.39, 0.29) is 45.5 Å². The van der Waals surface area contributed by atoms with E-state index in [9.17, 15) is 18.0 Å². The SMILES string of the molecule is CCC(C)NC(=O)C(Cc1ccccc1)N(Cc1cccc(OC)c1)C(=O)CN(c1cc(Cl)ccc1Cl)S(=O)(=O)c1ccccc1. The van der Waals surface area contributed by atoms with Crippen LogP contribution in [0.25, 0.3) is 0 Å². The molecular formula is C35H37Cl2N3O5S. The second-order valence-corrected chi connectivity index (χ2v) is 13.5. The summed E-state index contributed by atoms with van der Waals surface area (Å²) in [5.74, 6) is -0.390. The standard InChI is InChI=1S/C35H37Cl2N3O5S/c1-4-25(2)38-35(42)33(21-26-12-7-5-8-13-26)39(23-27-14-11-15-29(20-27)45-3)34(41)24-40(32-22-28(36)18-19-31(32)37)46(43,44)30-16-9-6-10-17-30/h5-20,22,25,33H,4,21,23-24H2,1-3H3,(H,38,42). The van der Waals surface area contributed by atoms with E-state index in [0.29, 0.717) is 17.7 Å². The molecule has 0 heterocycles. The summed E-state index contributed by atoms with van der Waals surface area (Å²) >= 11 is 12.8. The summed E-state index contributed by atoms with van der Waals surface area (Å²) in [6.45, 7) is 3.20. The van der Waals surface area contributed by atoms with Gasteiger partial charge in [-0.25, -0.2) is 8.42 Å². The summed E-state index contributed by atoms with van der Waals surface area (Å²) in [5, 5.41) is 3.35. The minimum absolute atomic E-state index is 0.00393. The van der Waals surface area contributed by atoms with Crippen molar-refractivity contribution in [3.8, 4) is 5.75 Å². The van der Waals surface area contributed by atoms with E-state index in [1.54, 1.807) is 43.5 Å². The zero-order chi connectivity index (χ0) is 33.3. The lowest BCUT2D eigenvalue weighted by molar-refractivity contribution is -0.140. The van der Waals surface area contributed by atoms with Gasteiger partial charge in [-0.2, -0.15) is 0 Å². The molecule has 4 rings (SSSR count). The number of hydrogen-bond acceptors (Lipinski definition) is 5. The zero-order valence-electron chi connectivity index (χ0n) is 25.9. The fourth-order valence-corrected chi connectivity index (χ4v) is 6.75. The number of ether oxygens (including phenoxy) is 1. The van der Waals surface area contributed by atoms with Gasteiger partial charge in [0.15, 0.2) is 0 Å². The fourth-order valence-electron chi connectivity index (χ4n) is 4.87. The number of rotatable bonds is 14. The molecular weight excluding hydrogens is 645 g/mol. The molecule has 8 nitrogen and oxygen atoms in total. The topological polar surface area (TPSA) is 96.0 Å². The molecule has 0 aliphatic rings. The van der Waals surface area contributed by atoms with Crippen LogP contribution < -0.4 is 14.4 Å². The van der Waals surface area contributed by atoms with Gasteiger partial charge in [0, 0.05) is 24.0 Å². The molecule has 2 amide bonds. The number of halogens is 2. The van der Waals surface area contributed by atoms with Crippen molar-refractivity contribution in [3.05, 3.63) is 124 Å². The van der Waals surface area contributed by atoms with Gasteiger partial charge in [-0.15, -0.1) is 0 Å². The Balaban J connectivity index is 1.84. The minimum Gasteiger partial charge on any atom is -0.497 e. The van der Waals surface area contributed by atoms with E-state index in [1.165, 1.54) is 35.2 Å². The molecule has 0 aromatic heterocycles. The first kappa shape index (κ1) is 34.8. The van der Waals surface area contributed by atoms with Crippen molar-refractivity contribution >= 4 is 50.7 Å². The van der Waals surface area contributed by atoms with E-state index in [2.05, 4.69) is 5.32 Å². The van der Waals surface area contributed by atoms with Gasteiger partial charge in [0.1, 0.15) is 18.3 Å². The van der Waals surface area contributed by atoms with Crippen LogP contribution in [0.3, 0.4) is 0 Å². The summed E-state index contributed by atoms with van der Waals surface area (Å²) < 4.78 is 34.6. The van der Waals surface area contributed by atoms with Crippen LogP contribution in [0.15, 0.2) is 108 Å². The molecule has 0 aliphatic heterocycles. The number of methoxy groups -OCH3 is 1. The number of sulfonamides is 1. The summed E-state index contributed by atoms with van der Waals surface area (Å²) in [4.78, 5) is 29.9. The van der Waals surface area contributed by atoms with Crippen molar-refractivity contribution in [1.29, 1.82) is 0 Å². The second kappa shape index (κ2) is 16.0. The van der Waals surface area contributed by atoms with E-state index in [4.69, 9.17) is 27.9 Å². The predicted molar refractivity (Wildman–Crippen MR) is 183 cm³/mol. The number of carbonyl (C=O) groups is 2. The lowest BCUT2D eigenvalue weighted by Gasteiger charge is -2.34. The van der Waals surface area contributed by atoms with Crippen LogP contribution in [0.1, 0.15) is 31.4 Å². The molecule has 0 fully saturated rings. The highest BCUT2D eigenvalue weighted by Crippen LogP contribution is 2.33. The molecule has 0 saturated carbocycles. The van der Waals surface area contributed by atoms with Crippen LogP contribution >= 0.6 is 23.2 Å². The lowest BCUT2D eigenvalue weighted by atomic mass is 10.0. The van der Waals surface area contributed by atoms with Gasteiger partial charge in [0.2, 0.25) is 11.8 Å². The van der Waals surface area contributed by atoms with Gasteiger partial charge >= 0.3 is 0 Å². The smallest absolute Gasteiger partial charge is 0.264 e. The highest BCUT2D eigenvalue weighted by molar-refractivity contribution is 7.92. The van der Waals surface area contributed by atoms with Crippen LogP contribution in [0.2, 0.25) is 10.0 Å². The Morgan fingerprint density at radius 3 is 2.17 bits per heavy atom. The number of anilines is 1. The molecule has 242 valence electrons. The van der Waals surface area contributed by atoms with Gasteiger partial charge < -0.3 is 15.0 Å². The van der Waals surface area contributed by atoms with Crippen LogP contribution in [0.4, 0.5) is 5.69 Å². The molecule has 2 atom stereocenters. The van der Waals surface area contributed by atoms with Gasteiger partial charge in [0.05, 0.1) is 22.7 Å². The number of nitrogens with zero attached hydrogens (tertiary/aromatic N) is 2. The van der Waals surface area contributed by atoms with Gasteiger partial charge in [0.25, 0.3) is 10.0 Å². The minimum atomic E-state index is -4.31. The maximum atomic E-state index is 14.6. The zero-order valence-corrected chi connectivity index (χ0v) is 28.2. The average molecular weight is 683 g/mol. The summed E-state index contributed by atoms with van der Waals surface area (Å²) in [5.41, 5.74) is 1.57. The van der Waals surface area contributed by atoms with E-state index in [1.807, 2.05) is 50.2 Å². The molecule has 46 heavy (non-hydrogen) atoms. The molecule has 4 aromatic rings. The normalized spacial score (nSPS) is 12.5. The van der Waals surface area contributed by atoms with E-state index >= 15 is 0 Å². The molecule has 0 aliphatic carbocycles. The number of nitrogens with one attached hydrogen (secondary N) is 1. The Morgan fingerprint density at radius 2 is 1.52 bits per heavy atom. The largest absolute Gasteiger partial charge is 0.497 e. The Kier molecular flexibility index (Phi) is 12.1. The highest BCUT2D eigenvalue weighted by Gasteiger charge is 2.35. The van der Waals surface area contributed by atoms with Gasteiger partial charge in [-0.05, 0) is 66.9 Å². The number of benzene rings is 4. The third-order valence-corrected chi connectivity index (χ3v) is 9.87. The van der Waals surface area contributed by atoms with Crippen LogP contribution in [-0.2, 0) is 32.6 Å². The first-order valence-corrected chi connectivity index (χ1v) is 17.0. The highest BCUT2D eigenvalue weighted by atomic mass is 35.5. The molecule has 4 aromatic carbocycles. The van der Waals surface area contributed by atoms with Crippen molar-refractivity contribution < 1.29 is 22.7 Å². The fraction of sp³-hybridized carbons (Fsp3) is 0.257. The first-order chi connectivity index (χ1) is 22.0. The van der Waals surface area contributed by atoms with Crippen molar-refractivity contribution in [2.24, 2.45) is 0 Å². The Bertz CT molecular complexity index is 1740. The Hall–Kier alpha value is -4.05. The molecule has 0 saturated heterocycles. The predicted octanol–water partition coefficient (Wildman–Crippen LogP) is 6.75. The van der Waals surface area contributed by atoms with E-state index < -0.39 is 28.5 Å². The van der Waals surface area contributed by atoms with E-state index in [0.717, 1.165) is 9.87 Å². The van der Waals surface area contributed by atoms with Crippen LogP contribution in [-0.4, -0.2) is 50.9 Å². The lowest BCUT2D eigenvalue weighted by Crippen LogP contribution is -2.54. The van der Waals surface area contributed by atoms with Crippen molar-refractivity contribution in [2.75, 3.05) is 18.0 Å². The van der Waals surface area contributed by atoms with Crippen molar-refractivity contribution in [3.63, 3.8) is 0 Å². The third-order valence-electron chi connectivity index (χ3n) is 7.55. The average Bonchev–Trinajstić information content (AvgIpc) is 3.07. The number of carbonyl (C=O) groups excluding carboxylic acids is 2. The molecule has 0 spiro atoms. The maximum Gasteiger partial charge on any atom is 0.264 e. The molecule has 0 radical (unpaired) electrons. The third kappa shape index (κ3) is 8.81. The monoisotopic (exact) mass is 681 g/mol.